The number of benzene rings is 2. The second-order valence-electron chi connectivity index (χ2n) is 8.47. The van der Waals surface area contributed by atoms with Gasteiger partial charge in [0, 0.05) is 60.8 Å². The molecule has 1 aliphatic heterocycles. The molecule has 0 bridgehead atoms. The molecule has 3 aromatic rings. The van der Waals surface area contributed by atoms with Crippen LogP contribution in [0.4, 0.5) is 10.1 Å². The number of hydrogen-bond donors (Lipinski definition) is 1. The number of likely N-dealkylation sites (tertiary alicyclic amines) is 1. The first-order valence-electron chi connectivity index (χ1n) is 11.5. The van der Waals surface area contributed by atoms with Crippen LogP contribution in [-0.2, 0) is 4.74 Å². The van der Waals surface area contributed by atoms with Gasteiger partial charge in [-0.05, 0) is 55.2 Å². The molecule has 0 aliphatic carbocycles. The maximum absolute atomic E-state index is 14.0. The quantitative estimate of drug-likeness (QED) is 0.256. The fraction of sp³-hybridized carbons (Fsp3) is 0.346. The van der Waals surface area contributed by atoms with Crippen molar-refractivity contribution >= 4 is 51.7 Å². The highest BCUT2D eigenvalue weighted by molar-refractivity contribution is 7.80. The number of nitrogens with one attached hydrogen (secondary N) is 1. The molecule has 9 heteroatoms. The van der Waals surface area contributed by atoms with Crippen molar-refractivity contribution in [2.45, 2.75) is 31.6 Å². The first-order valence-corrected chi connectivity index (χ1v) is 13.2. The molecule has 35 heavy (non-hydrogen) atoms. The topological polar surface area (TPSA) is 54.5 Å². The number of halogens is 2. The van der Waals surface area contributed by atoms with E-state index in [9.17, 15) is 9.18 Å². The Balaban J connectivity index is 1.39. The van der Waals surface area contributed by atoms with Crippen molar-refractivity contribution in [1.82, 2.24) is 9.88 Å². The lowest BCUT2D eigenvalue weighted by molar-refractivity contribution is 0.102. The number of carbonyl (C=O) groups excluding carboxylic acids is 1. The van der Waals surface area contributed by atoms with Crippen LogP contribution in [0.15, 0.2) is 47.8 Å². The summed E-state index contributed by atoms with van der Waals surface area (Å²) in [5.74, 6) is -0.380. The Morgan fingerprint density at radius 2 is 2.00 bits per heavy atom. The summed E-state index contributed by atoms with van der Waals surface area (Å²) < 4.78 is 19.1. The third-order valence-corrected chi connectivity index (χ3v) is 7.80. The third kappa shape index (κ3) is 6.64. The molecule has 1 fully saturated rings. The Bertz CT molecular complexity index is 1180. The SMILES string of the molecule is COCCCC(=S)N1CCC(c2nc(C(=O)Nc3ccc(F)cc3-c3ccc(Cl)cc3)cs2)CC1. The number of carbonyl (C=O) groups is 1. The number of piperidine rings is 1. The van der Waals surface area contributed by atoms with Gasteiger partial charge in [0.1, 0.15) is 11.5 Å². The van der Waals surface area contributed by atoms with E-state index in [0.717, 1.165) is 60.9 Å². The van der Waals surface area contributed by atoms with Crippen LogP contribution in [-0.4, -0.2) is 47.6 Å². The van der Waals surface area contributed by atoms with Gasteiger partial charge in [0.05, 0.1) is 10.00 Å². The highest BCUT2D eigenvalue weighted by Crippen LogP contribution is 2.33. The summed E-state index contributed by atoms with van der Waals surface area (Å²) in [6.45, 7) is 2.52. The van der Waals surface area contributed by atoms with E-state index in [-0.39, 0.29) is 11.7 Å². The average Bonchev–Trinajstić information content (AvgIpc) is 3.36. The second kappa shape index (κ2) is 12.0. The molecule has 5 nitrogen and oxygen atoms in total. The molecule has 4 rings (SSSR count). The Labute approximate surface area is 219 Å². The Kier molecular flexibility index (Phi) is 8.83. The van der Waals surface area contributed by atoms with E-state index in [1.165, 1.54) is 23.5 Å². The van der Waals surface area contributed by atoms with Crippen LogP contribution in [0.5, 0.6) is 0 Å². The second-order valence-corrected chi connectivity index (χ2v) is 10.3. The monoisotopic (exact) mass is 531 g/mol. The molecule has 184 valence electrons. The Morgan fingerprint density at radius 3 is 2.71 bits per heavy atom. The minimum absolute atomic E-state index is 0.314. The normalized spacial score (nSPS) is 14.2. The summed E-state index contributed by atoms with van der Waals surface area (Å²) in [5.41, 5.74) is 2.23. The van der Waals surface area contributed by atoms with Crippen molar-refractivity contribution in [2.75, 3.05) is 32.1 Å². The number of aromatic nitrogens is 1. The highest BCUT2D eigenvalue weighted by Gasteiger charge is 2.25. The van der Waals surface area contributed by atoms with Crippen molar-refractivity contribution in [3.8, 4) is 11.1 Å². The van der Waals surface area contributed by atoms with Gasteiger partial charge in [0.2, 0.25) is 0 Å². The zero-order valence-corrected chi connectivity index (χ0v) is 21.8. The highest BCUT2D eigenvalue weighted by atomic mass is 35.5. The summed E-state index contributed by atoms with van der Waals surface area (Å²) in [6.07, 6.45) is 3.72. The van der Waals surface area contributed by atoms with Crippen molar-refractivity contribution in [3.05, 3.63) is 69.4 Å². The molecular weight excluding hydrogens is 505 g/mol. The van der Waals surface area contributed by atoms with E-state index < -0.39 is 0 Å². The largest absolute Gasteiger partial charge is 0.385 e. The van der Waals surface area contributed by atoms with Crippen LogP contribution in [0, 0.1) is 5.82 Å². The van der Waals surface area contributed by atoms with Gasteiger partial charge in [-0.2, -0.15) is 0 Å². The molecule has 2 heterocycles. The molecule has 0 unspecified atom stereocenters. The number of nitrogens with zero attached hydrogens (tertiary/aromatic N) is 2. The van der Waals surface area contributed by atoms with Crippen LogP contribution in [0.2, 0.25) is 5.02 Å². The van der Waals surface area contributed by atoms with Crippen molar-refractivity contribution in [3.63, 3.8) is 0 Å². The molecular formula is C26H27ClFN3O2S2. The molecule has 0 saturated carbocycles. The first-order chi connectivity index (χ1) is 16.9. The van der Waals surface area contributed by atoms with Gasteiger partial charge in [0.15, 0.2) is 0 Å². The van der Waals surface area contributed by atoms with Crippen molar-refractivity contribution in [2.24, 2.45) is 0 Å². The maximum atomic E-state index is 14.0. The van der Waals surface area contributed by atoms with Gasteiger partial charge in [0.25, 0.3) is 5.91 Å². The zero-order chi connectivity index (χ0) is 24.8. The van der Waals surface area contributed by atoms with Gasteiger partial charge in [-0.3, -0.25) is 4.79 Å². The number of rotatable bonds is 8. The van der Waals surface area contributed by atoms with E-state index in [1.54, 1.807) is 42.8 Å². The lowest BCUT2D eigenvalue weighted by Crippen LogP contribution is -2.37. The van der Waals surface area contributed by atoms with E-state index >= 15 is 0 Å². The molecule has 0 radical (unpaired) electrons. The van der Waals surface area contributed by atoms with E-state index in [0.29, 0.717) is 27.9 Å². The number of amides is 1. The maximum Gasteiger partial charge on any atom is 0.275 e. The van der Waals surface area contributed by atoms with Crippen LogP contribution in [0.25, 0.3) is 11.1 Å². The molecule has 2 aromatic carbocycles. The molecule has 1 saturated heterocycles. The minimum atomic E-state index is -0.381. The molecule has 0 atom stereocenters. The first kappa shape index (κ1) is 25.7. The van der Waals surface area contributed by atoms with Gasteiger partial charge in [-0.15, -0.1) is 11.3 Å². The van der Waals surface area contributed by atoms with Gasteiger partial charge < -0.3 is 15.0 Å². The summed E-state index contributed by atoms with van der Waals surface area (Å²) in [7, 11) is 1.70. The van der Waals surface area contributed by atoms with Crippen LogP contribution in [0.1, 0.15) is 47.1 Å². The number of methoxy groups -OCH3 is 1. The molecule has 1 aromatic heterocycles. The lowest BCUT2D eigenvalue weighted by atomic mass is 9.97. The number of thiocarbonyl (C=S) groups is 1. The van der Waals surface area contributed by atoms with Crippen molar-refractivity contribution < 1.29 is 13.9 Å². The summed E-state index contributed by atoms with van der Waals surface area (Å²) in [6, 6.07) is 11.4. The number of anilines is 1. The standard InChI is InChI=1S/C26H27ClFN3O2S2/c1-33-14-2-3-24(34)31-12-10-18(11-13-31)26-30-23(16-35-26)25(32)29-22-9-8-20(28)15-21(22)17-4-6-19(27)7-5-17/h4-9,15-16,18H,2-3,10-14H2,1H3,(H,29,32). The van der Waals surface area contributed by atoms with Gasteiger partial charge >= 0.3 is 0 Å². The molecule has 1 N–H and O–H groups in total. The molecule has 1 aliphatic rings. The fourth-order valence-electron chi connectivity index (χ4n) is 4.16. The van der Waals surface area contributed by atoms with Gasteiger partial charge in [-0.25, -0.2) is 9.37 Å². The van der Waals surface area contributed by atoms with E-state index in [1.807, 2.05) is 0 Å². The van der Waals surface area contributed by atoms with E-state index in [2.05, 4.69) is 15.2 Å². The van der Waals surface area contributed by atoms with Crippen LogP contribution in [0.3, 0.4) is 0 Å². The van der Waals surface area contributed by atoms with E-state index in [4.69, 9.17) is 28.6 Å². The van der Waals surface area contributed by atoms with Crippen molar-refractivity contribution in [1.29, 1.82) is 0 Å². The zero-order valence-electron chi connectivity index (χ0n) is 19.4. The van der Waals surface area contributed by atoms with Crippen LogP contribution >= 0.6 is 35.2 Å². The molecule has 0 spiro atoms. The van der Waals surface area contributed by atoms with Crippen LogP contribution < -0.4 is 5.32 Å². The number of hydrogen-bond acceptors (Lipinski definition) is 5. The predicted molar refractivity (Wildman–Crippen MR) is 144 cm³/mol. The minimum Gasteiger partial charge on any atom is -0.385 e. The average molecular weight is 532 g/mol. The number of thiazole rings is 1. The Morgan fingerprint density at radius 1 is 1.26 bits per heavy atom. The smallest absolute Gasteiger partial charge is 0.275 e. The lowest BCUT2D eigenvalue weighted by Gasteiger charge is -2.33. The number of ether oxygens (including phenoxy) is 1. The summed E-state index contributed by atoms with van der Waals surface area (Å²) in [4.78, 5) is 20.9. The van der Waals surface area contributed by atoms with Gasteiger partial charge in [-0.1, -0.05) is 36.0 Å². The fourth-order valence-corrected chi connectivity index (χ4v) is 5.59. The summed E-state index contributed by atoms with van der Waals surface area (Å²) in [5, 5.41) is 6.25. The molecule has 1 amide bonds. The third-order valence-electron chi connectivity index (χ3n) is 6.08. The Hall–Kier alpha value is -2.39. The summed E-state index contributed by atoms with van der Waals surface area (Å²) >= 11 is 13.1. The predicted octanol–water partition coefficient (Wildman–Crippen LogP) is 6.79.